The number of fused-ring (bicyclic) bond motifs is 1. The molecule has 0 unspecified atom stereocenters. The van der Waals surface area contributed by atoms with E-state index in [4.69, 9.17) is 0 Å². The second-order valence-corrected chi connectivity index (χ2v) is 6.09. The average Bonchev–Trinajstić information content (AvgIpc) is 2.63. The van der Waals surface area contributed by atoms with Crippen LogP contribution in [-0.2, 0) is 0 Å². The first-order valence-electron chi connectivity index (χ1n) is 8.28. The van der Waals surface area contributed by atoms with Crippen molar-refractivity contribution in [3.63, 3.8) is 0 Å². The lowest BCUT2D eigenvalue weighted by molar-refractivity contribution is 1.08. The Morgan fingerprint density at radius 3 is 2.54 bits per heavy atom. The fourth-order valence-electron chi connectivity index (χ4n) is 2.85. The number of aryl methyl sites for hydroxylation is 2. The summed E-state index contributed by atoms with van der Waals surface area (Å²) in [7, 11) is 0. The topological polar surface area (TPSA) is 83.6 Å². The van der Waals surface area contributed by atoms with Gasteiger partial charge < -0.3 is 0 Å². The molecule has 4 rings (SSSR count). The van der Waals surface area contributed by atoms with Gasteiger partial charge in [0.25, 0.3) is 5.56 Å². The number of anilines is 2. The Bertz CT molecular complexity index is 1150. The number of H-pyrrole nitrogens is 1. The first-order valence-corrected chi connectivity index (χ1v) is 8.28. The lowest BCUT2D eigenvalue weighted by atomic mass is 10.1. The van der Waals surface area contributed by atoms with Crippen molar-refractivity contribution < 1.29 is 0 Å². The summed E-state index contributed by atoms with van der Waals surface area (Å²) in [5.74, 6) is 0.710. The molecule has 2 heterocycles. The van der Waals surface area contributed by atoms with E-state index in [9.17, 15) is 4.79 Å². The molecule has 0 atom stereocenters. The van der Waals surface area contributed by atoms with Crippen LogP contribution in [0, 0.1) is 13.8 Å². The van der Waals surface area contributed by atoms with E-state index in [1.807, 2.05) is 62.4 Å². The first-order chi connectivity index (χ1) is 12.6. The van der Waals surface area contributed by atoms with Crippen molar-refractivity contribution in [2.24, 2.45) is 0 Å². The van der Waals surface area contributed by atoms with Crippen LogP contribution in [0.25, 0.3) is 22.2 Å². The average molecular weight is 343 g/mol. The molecule has 0 aliphatic carbocycles. The molecule has 0 amide bonds. The minimum atomic E-state index is -0.197. The highest BCUT2D eigenvalue weighted by atomic mass is 16.1. The van der Waals surface area contributed by atoms with Gasteiger partial charge >= 0.3 is 0 Å². The van der Waals surface area contributed by atoms with Crippen molar-refractivity contribution in [2.45, 2.75) is 13.8 Å². The molecule has 6 heteroatoms. The Morgan fingerprint density at radius 1 is 0.923 bits per heavy atom. The number of nitrogens with one attached hydrogen (secondary N) is 2. The molecule has 0 fully saturated rings. The van der Waals surface area contributed by atoms with Crippen LogP contribution in [0.1, 0.15) is 11.3 Å². The van der Waals surface area contributed by atoms with Crippen molar-refractivity contribution in [1.29, 1.82) is 0 Å². The number of aromatic amines is 1. The summed E-state index contributed by atoms with van der Waals surface area (Å²) in [4.78, 5) is 28.5. The van der Waals surface area contributed by atoms with E-state index in [0.717, 1.165) is 22.5 Å². The fraction of sp³-hybridized carbons (Fsp3) is 0.100. The summed E-state index contributed by atoms with van der Waals surface area (Å²) < 4.78 is 0. The lowest BCUT2D eigenvalue weighted by Crippen LogP contribution is -2.13. The maximum absolute atomic E-state index is 12.3. The number of para-hydroxylation sites is 1. The zero-order valence-corrected chi connectivity index (χ0v) is 14.4. The van der Waals surface area contributed by atoms with E-state index in [1.54, 1.807) is 6.07 Å². The Labute approximate surface area is 150 Å². The number of hydrogen-bond acceptors (Lipinski definition) is 5. The summed E-state index contributed by atoms with van der Waals surface area (Å²) in [5, 5.41) is 3.59. The number of nitrogens with zero attached hydrogens (tertiary/aromatic N) is 3. The zero-order chi connectivity index (χ0) is 18.1. The van der Waals surface area contributed by atoms with Crippen LogP contribution in [-0.4, -0.2) is 19.9 Å². The van der Waals surface area contributed by atoms with Gasteiger partial charge in [-0.05, 0) is 31.5 Å². The molecular weight excluding hydrogens is 326 g/mol. The van der Waals surface area contributed by atoms with Crippen molar-refractivity contribution in [3.05, 3.63) is 76.2 Å². The van der Waals surface area contributed by atoms with Gasteiger partial charge in [-0.1, -0.05) is 42.5 Å². The Hall–Kier alpha value is -3.54. The molecule has 2 aromatic carbocycles. The third kappa shape index (κ3) is 3.04. The molecule has 0 aliphatic rings. The van der Waals surface area contributed by atoms with Crippen molar-refractivity contribution in [2.75, 3.05) is 5.32 Å². The highest BCUT2D eigenvalue weighted by Gasteiger charge is 2.09. The van der Waals surface area contributed by atoms with Crippen LogP contribution in [0.4, 0.5) is 11.9 Å². The van der Waals surface area contributed by atoms with Crippen LogP contribution < -0.4 is 10.9 Å². The number of aromatic nitrogens is 4. The summed E-state index contributed by atoms with van der Waals surface area (Å²) in [5.41, 5.74) is 4.02. The van der Waals surface area contributed by atoms with Crippen LogP contribution in [0.3, 0.4) is 0 Å². The number of rotatable bonds is 3. The summed E-state index contributed by atoms with van der Waals surface area (Å²) in [6.07, 6.45) is 0. The van der Waals surface area contributed by atoms with E-state index in [1.165, 1.54) is 0 Å². The van der Waals surface area contributed by atoms with Crippen LogP contribution >= 0.6 is 0 Å². The number of hydrogen-bond donors (Lipinski definition) is 2. The van der Waals surface area contributed by atoms with Gasteiger partial charge in [0.2, 0.25) is 11.9 Å². The molecule has 128 valence electrons. The Balaban J connectivity index is 1.76. The standard InChI is InChI=1S/C20H17N5O/c1-12-7-6-10-15-17(12)23-20(24-18(15)26)25-19-21-13(2)11-16(22-19)14-8-4-3-5-9-14/h3-11H,1-2H3,(H2,21,22,23,24,25,26). The quantitative estimate of drug-likeness (QED) is 0.592. The Kier molecular flexibility index (Phi) is 3.93. The van der Waals surface area contributed by atoms with Gasteiger partial charge in [-0.3, -0.25) is 15.1 Å². The molecular formula is C20H17N5O. The highest BCUT2D eigenvalue weighted by molar-refractivity contribution is 5.81. The molecule has 0 saturated carbocycles. The van der Waals surface area contributed by atoms with E-state index in [-0.39, 0.29) is 5.56 Å². The van der Waals surface area contributed by atoms with Crippen molar-refractivity contribution in [3.8, 4) is 11.3 Å². The lowest BCUT2D eigenvalue weighted by Gasteiger charge is -2.09. The van der Waals surface area contributed by atoms with Crippen molar-refractivity contribution in [1.82, 2.24) is 19.9 Å². The molecule has 4 aromatic rings. The maximum atomic E-state index is 12.3. The molecule has 0 bridgehead atoms. The van der Waals surface area contributed by atoms with Crippen LogP contribution in [0.5, 0.6) is 0 Å². The fourth-order valence-corrected chi connectivity index (χ4v) is 2.85. The zero-order valence-electron chi connectivity index (χ0n) is 14.4. The van der Waals surface area contributed by atoms with Gasteiger partial charge in [-0.25, -0.2) is 15.0 Å². The van der Waals surface area contributed by atoms with Crippen LogP contribution in [0.15, 0.2) is 59.4 Å². The third-order valence-corrected chi connectivity index (χ3v) is 4.09. The van der Waals surface area contributed by atoms with Crippen LogP contribution in [0.2, 0.25) is 0 Å². The SMILES string of the molecule is Cc1cc(-c2ccccc2)nc(Nc2nc3c(C)cccc3c(=O)[nH]2)n1. The molecule has 0 saturated heterocycles. The molecule has 6 nitrogen and oxygen atoms in total. The molecule has 0 spiro atoms. The minimum Gasteiger partial charge on any atom is -0.294 e. The van der Waals surface area contributed by atoms with Gasteiger partial charge in [-0.15, -0.1) is 0 Å². The largest absolute Gasteiger partial charge is 0.294 e. The number of benzene rings is 2. The van der Waals surface area contributed by atoms with E-state index < -0.39 is 0 Å². The normalized spacial score (nSPS) is 10.8. The van der Waals surface area contributed by atoms with Crippen molar-refractivity contribution >= 4 is 22.8 Å². The maximum Gasteiger partial charge on any atom is 0.260 e. The van der Waals surface area contributed by atoms with E-state index >= 15 is 0 Å². The van der Waals surface area contributed by atoms with Gasteiger partial charge in [0.05, 0.1) is 16.6 Å². The molecule has 2 N–H and O–H groups in total. The highest BCUT2D eigenvalue weighted by Crippen LogP contribution is 2.20. The minimum absolute atomic E-state index is 0.197. The molecule has 0 radical (unpaired) electrons. The van der Waals surface area contributed by atoms with Gasteiger partial charge in [-0.2, -0.15) is 0 Å². The predicted octanol–water partition coefficient (Wildman–Crippen LogP) is 3.74. The summed E-state index contributed by atoms with van der Waals surface area (Å²) in [6.45, 7) is 3.83. The first kappa shape index (κ1) is 16.0. The Morgan fingerprint density at radius 2 is 1.73 bits per heavy atom. The van der Waals surface area contributed by atoms with E-state index in [0.29, 0.717) is 22.8 Å². The second-order valence-electron chi connectivity index (χ2n) is 6.09. The smallest absolute Gasteiger partial charge is 0.260 e. The molecule has 26 heavy (non-hydrogen) atoms. The predicted molar refractivity (Wildman–Crippen MR) is 103 cm³/mol. The summed E-state index contributed by atoms with van der Waals surface area (Å²) >= 11 is 0. The molecule has 0 aliphatic heterocycles. The molecule has 2 aromatic heterocycles. The summed E-state index contributed by atoms with van der Waals surface area (Å²) in [6, 6.07) is 17.3. The van der Waals surface area contributed by atoms with Gasteiger partial charge in [0.1, 0.15) is 0 Å². The van der Waals surface area contributed by atoms with E-state index in [2.05, 4.69) is 25.3 Å². The monoisotopic (exact) mass is 343 g/mol. The second kappa shape index (κ2) is 6.40. The van der Waals surface area contributed by atoms with Gasteiger partial charge in [0, 0.05) is 11.3 Å². The third-order valence-electron chi connectivity index (χ3n) is 4.09. The van der Waals surface area contributed by atoms with Gasteiger partial charge in [0.15, 0.2) is 0 Å².